The molecule has 0 saturated heterocycles. The first kappa shape index (κ1) is 15.7. The molecule has 0 aliphatic heterocycles. The summed E-state index contributed by atoms with van der Waals surface area (Å²) in [7, 11) is 0. The summed E-state index contributed by atoms with van der Waals surface area (Å²) in [6, 6.07) is 7.85. The van der Waals surface area contributed by atoms with Crippen LogP contribution in [0.15, 0.2) is 24.3 Å². The van der Waals surface area contributed by atoms with Gasteiger partial charge in [0.15, 0.2) is 0 Å². The Hall–Kier alpha value is -1.31. The van der Waals surface area contributed by atoms with E-state index in [4.69, 9.17) is 0 Å². The van der Waals surface area contributed by atoms with Crippen molar-refractivity contribution < 1.29 is 4.79 Å². The maximum absolute atomic E-state index is 12.2. The van der Waals surface area contributed by atoms with E-state index in [0.717, 1.165) is 18.4 Å². The van der Waals surface area contributed by atoms with Crippen LogP contribution in [-0.2, 0) is 6.42 Å². The Morgan fingerprint density at radius 3 is 2.00 bits per heavy atom. The van der Waals surface area contributed by atoms with Gasteiger partial charge in [-0.3, -0.25) is 4.79 Å². The number of carbonyl (C=O) groups is 1. The van der Waals surface area contributed by atoms with Crippen molar-refractivity contribution in [2.24, 2.45) is 5.41 Å². The van der Waals surface area contributed by atoms with Gasteiger partial charge in [0.2, 0.25) is 0 Å². The highest BCUT2D eigenvalue weighted by molar-refractivity contribution is 5.94. The van der Waals surface area contributed by atoms with Gasteiger partial charge in [-0.2, -0.15) is 0 Å². The van der Waals surface area contributed by atoms with Gasteiger partial charge in [-0.25, -0.2) is 0 Å². The van der Waals surface area contributed by atoms with Crippen molar-refractivity contribution >= 4 is 5.91 Å². The van der Waals surface area contributed by atoms with E-state index in [1.54, 1.807) is 0 Å². The molecule has 0 atom stereocenters. The van der Waals surface area contributed by atoms with E-state index in [0.29, 0.717) is 0 Å². The summed E-state index contributed by atoms with van der Waals surface area (Å²) in [6.45, 7) is 12.8. The highest BCUT2D eigenvalue weighted by atomic mass is 16.1. The quantitative estimate of drug-likeness (QED) is 0.865. The minimum atomic E-state index is -0.196. The molecular weight excluding hydrogens is 234 g/mol. The first-order valence-electron chi connectivity index (χ1n) is 7.04. The number of carbonyl (C=O) groups excluding carboxylic acids is 1. The van der Waals surface area contributed by atoms with Gasteiger partial charge in [0.25, 0.3) is 5.91 Å². The molecular formula is C17H27NO. The van der Waals surface area contributed by atoms with Crippen LogP contribution in [0.1, 0.15) is 63.9 Å². The molecule has 0 spiro atoms. The maximum Gasteiger partial charge on any atom is 0.251 e. The fourth-order valence-corrected chi connectivity index (χ4v) is 2.64. The van der Waals surface area contributed by atoms with Gasteiger partial charge in [-0.1, -0.05) is 39.8 Å². The zero-order valence-electron chi connectivity index (χ0n) is 13.1. The molecule has 0 bridgehead atoms. The fraction of sp³-hybridized carbons (Fsp3) is 0.588. The molecule has 0 aliphatic carbocycles. The van der Waals surface area contributed by atoms with Crippen LogP contribution in [0.5, 0.6) is 0 Å². The molecule has 1 aromatic carbocycles. The predicted molar refractivity (Wildman–Crippen MR) is 81.4 cm³/mol. The Morgan fingerprint density at radius 2 is 1.58 bits per heavy atom. The summed E-state index contributed by atoms with van der Waals surface area (Å²) < 4.78 is 0. The lowest BCUT2D eigenvalue weighted by molar-refractivity contribution is 0.0891. The Labute approximate surface area is 117 Å². The Kier molecular flexibility index (Phi) is 4.78. The summed E-state index contributed by atoms with van der Waals surface area (Å²) in [6.07, 6.45) is 1.94. The SMILES string of the molecule is CCc1ccc(C(=O)NC(C)(C)CC(C)(C)C)cc1. The molecule has 1 amide bonds. The van der Waals surface area contributed by atoms with E-state index in [1.807, 2.05) is 24.3 Å². The van der Waals surface area contributed by atoms with Gasteiger partial charge in [-0.05, 0) is 49.8 Å². The van der Waals surface area contributed by atoms with Crippen LogP contribution >= 0.6 is 0 Å². The van der Waals surface area contributed by atoms with Gasteiger partial charge in [-0.15, -0.1) is 0 Å². The highest BCUT2D eigenvalue weighted by Crippen LogP contribution is 2.27. The number of hydrogen-bond acceptors (Lipinski definition) is 1. The lowest BCUT2D eigenvalue weighted by atomic mass is 9.81. The Bertz CT molecular complexity index is 424. The van der Waals surface area contributed by atoms with Crippen molar-refractivity contribution in [2.45, 2.75) is 59.9 Å². The average Bonchev–Trinajstić information content (AvgIpc) is 2.25. The van der Waals surface area contributed by atoms with E-state index in [1.165, 1.54) is 5.56 Å². The monoisotopic (exact) mass is 261 g/mol. The largest absolute Gasteiger partial charge is 0.347 e. The van der Waals surface area contributed by atoms with Crippen molar-refractivity contribution in [1.82, 2.24) is 5.32 Å². The number of aryl methyl sites for hydroxylation is 1. The lowest BCUT2D eigenvalue weighted by Crippen LogP contribution is -2.45. The van der Waals surface area contributed by atoms with Crippen molar-refractivity contribution in [2.75, 3.05) is 0 Å². The van der Waals surface area contributed by atoms with Crippen LogP contribution in [0.4, 0.5) is 0 Å². The minimum absolute atomic E-state index is 0.0110. The summed E-state index contributed by atoms with van der Waals surface area (Å²) in [5.41, 5.74) is 1.99. The molecule has 1 N–H and O–H groups in total. The van der Waals surface area contributed by atoms with E-state index < -0.39 is 0 Å². The first-order valence-corrected chi connectivity index (χ1v) is 7.04. The molecule has 19 heavy (non-hydrogen) atoms. The third-order valence-electron chi connectivity index (χ3n) is 3.05. The number of rotatable bonds is 4. The molecule has 0 saturated carbocycles. The third-order valence-corrected chi connectivity index (χ3v) is 3.05. The second kappa shape index (κ2) is 5.77. The molecule has 2 nitrogen and oxygen atoms in total. The van der Waals surface area contributed by atoms with Gasteiger partial charge in [0.05, 0.1) is 0 Å². The van der Waals surface area contributed by atoms with Crippen LogP contribution in [0, 0.1) is 5.41 Å². The molecule has 106 valence electrons. The summed E-state index contributed by atoms with van der Waals surface area (Å²) >= 11 is 0. The number of hydrogen-bond donors (Lipinski definition) is 1. The molecule has 1 rings (SSSR count). The zero-order chi connectivity index (χ0) is 14.7. The predicted octanol–water partition coefficient (Wildman–Crippen LogP) is 4.19. The molecule has 1 aromatic rings. The van der Waals surface area contributed by atoms with Crippen LogP contribution in [0.2, 0.25) is 0 Å². The topological polar surface area (TPSA) is 29.1 Å². The number of nitrogens with one attached hydrogen (secondary N) is 1. The molecule has 2 heteroatoms. The number of benzene rings is 1. The smallest absolute Gasteiger partial charge is 0.251 e. The zero-order valence-corrected chi connectivity index (χ0v) is 13.1. The van der Waals surface area contributed by atoms with Gasteiger partial charge < -0.3 is 5.32 Å². The second-order valence-electron chi connectivity index (χ2n) is 7.13. The van der Waals surface area contributed by atoms with Crippen LogP contribution in [0.3, 0.4) is 0 Å². The van der Waals surface area contributed by atoms with Crippen molar-refractivity contribution in [3.63, 3.8) is 0 Å². The average molecular weight is 261 g/mol. The minimum Gasteiger partial charge on any atom is -0.347 e. The molecule has 0 unspecified atom stereocenters. The molecule has 0 radical (unpaired) electrons. The first-order chi connectivity index (χ1) is 8.63. The van der Waals surface area contributed by atoms with Crippen LogP contribution in [-0.4, -0.2) is 11.4 Å². The van der Waals surface area contributed by atoms with Crippen LogP contribution < -0.4 is 5.32 Å². The number of amides is 1. The normalized spacial score (nSPS) is 12.3. The summed E-state index contributed by atoms with van der Waals surface area (Å²) in [5, 5.41) is 3.13. The van der Waals surface area contributed by atoms with Gasteiger partial charge in [0.1, 0.15) is 0 Å². The molecule has 0 heterocycles. The highest BCUT2D eigenvalue weighted by Gasteiger charge is 2.27. The van der Waals surface area contributed by atoms with E-state index >= 15 is 0 Å². The molecule has 0 aliphatic rings. The Balaban J connectivity index is 2.72. The van der Waals surface area contributed by atoms with Gasteiger partial charge >= 0.3 is 0 Å². The maximum atomic E-state index is 12.2. The van der Waals surface area contributed by atoms with Crippen LogP contribution in [0.25, 0.3) is 0 Å². The van der Waals surface area contributed by atoms with E-state index in [2.05, 4.69) is 46.9 Å². The van der Waals surface area contributed by atoms with E-state index in [9.17, 15) is 4.79 Å². The summed E-state index contributed by atoms with van der Waals surface area (Å²) in [5.74, 6) is 0.0110. The third kappa shape index (κ3) is 5.46. The molecule has 0 fully saturated rings. The standard InChI is InChI=1S/C17H27NO/c1-7-13-8-10-14(11-9-13)15(19)18-17(5,6)12-16(2,3)4/h8-11H,7,12H2,1-6H3,(H,18,19). The van der Waals surface area contributed by atoms with Crippen molar-refractivity contribution in [1.29, 1.82) is 0 Å². The van der Waals surface area contributed by atoms with Gasteiger partial charge in [0, 0.05) is 11.1 Å². The Morgan fingerprint density at radius 1 is 1.05 bits per heavy atom. The van der Waals surface area contributed by atoms with E-state index in [-0.39, 0.29) is 16.9 Å². The lowest BCUT2D eigenvalue weighted by Gasteiger charge is -2.33. The molecule has 0 aromatic heterocycles. The summed E-state index contributed by atoms with van der Waals surface area (Å²) in [4.78, 5) is 12.2. The second-order valence-corrected chi connectivity index (χ2v) is 7.13. The van der Waals surface area contributed by atoms with Crippen molar-refractivity contribution in [3.05, 3.63) is 35.4 Å². The van der Waals surface area contributed by atoms with Crippen molar-refractivity contribution in [3.8, 4) is 0 Å². The fourth-order valence-electron chi connectivity index (χ4n) is 2.64.